The molecule has 29 heavy (non-hydrogen) atoms. The smallest absolute Gasteiger partial charge is 0.155 e. The molecule has 6 rings (SSSR count). The molecule has 0 atom stereocenters. The highest BCUT2D eigenvalue weighted by Gasteiger charge is 2.11. The van der Waals surface area contributed by atoms with Gasteiger partial charge in [0, 0.05) is 23.4 Å². The second-order valence-electron chi connectivity index (χ2n) is 7.09. The van der Waals surface area contributed by atoms with Crippen LogP contribution in [0.2, 0.25) is 0 Å². The van der Waals surface area contributed by atoms with Crippen LogP contribution in [-0.4, -0.2) is 19.6 Å². The lowest BCUT2D eigenvalue weighted by Gasteiger charge is -2.04. The van der Waals surface area contributed by atoms with E-state index in [9.17, 15) is 0 Å². The highest BCUT2D eigenvalue weighted by atomic mass is 16.3. The predicted octanol–water partition coefficient (Wildman–Crippen LogP) is 5.28. The van der Waals surface area contributed by atoms with Gasteiger partial charge < -0.3 is 4.42 Å². The van der Waals surface area contributed by atoms with Crippen LogP contribution in [0, 0.1) is 0 Å². The quantitative estimate of drug-likeness (QED) is 0.422. The monoisotopic (exact) mass is 376 g/mol. The SMILES string of the molecule is c1cnc2ccc(Cc3cnc4ccc(-c5cc6ccccc6o5)nn34)cc2c1. The fraction of sp³-hybridized carbons (Fsp3) is 0.0417. The predicted molar refractivity (Wildman–Crippen MR) is 113 cm³/mol. The van der Waals surface area contributed by atoms with Gasteiger partial charge in [-0.05, 0) is 48.0 Å². The van der Waals surface area contributed by atoms with E-state index in [4.69, 9.17) is 9.52 Å². The van der Waals surface area contributed by atoms with Crippen molar-refractivity contribution in [3.63, 3.8) is 0 Å². The third-order valence-electron chi connectivity index (χ3n) is 5.16. The first-order valence-electron chi connectivity index (χ1n) is 9.50. The van der Waals surface area contributed by atoms with Gasteiger partial charge in [-0.15, -0.1) is 0 Å². The van der Waals surface area contributed by atoms with Crippen molar-refractivity contribution in [3.05, 3.63) is 96.4 Å². The molecule has 0 saturated heterocycles. The number of hydrogen-bond donors (Lipinski definition) is 0. The Hall–Kier alpha value is -3.99. The molecule has 6 aromatic rings. The summed E-state index contributed by atoms with van der Waals surface area (Å²) in [5.41, 5.74) is 5.70. The van der Waals surface area contributed by atoms with Crippen LogP contribution < -0.4 is 0 Å². The summed E-state index contributed by atoms with van der Waals surface area (Å²) >= 11 is 0. The molecule has 0 aliphatic carbocycles. The van der Waals surface area contributed by atoms with Crippen molar-refractivity contribution in [2.45, 2.75) is 6.42 Å². The van der Waals surface area contributed by atoms with Crippen LogP contribution in [-0.2, 0) is 6.42 Å². The fourth-order valence-electron chi connectivity index (χ4n) is 3.73. The van der Waals surface area contributed by atoms with Gasteiger partial charge >= 0.3 is 0 Å². The van der Waals surface area contributed by atoms with E-state index in [0.717, 1.165) is 51.1 Å². The highest BCUT2D eigenvalue weighted by Crippen LogP contribution is 2.27. The van der Waals surface area contributed by atoms with E-state index < -0.39 is 0 Å². The second kappa shape index (κ2) is 6.27. The number of nitrogens with zero attached hydrogens (tertiary/aromatic N) is 4. The van der Waals surface area contributed by atoms with Crippen LogP contribution in [0.5, 0.6) is 0 Å². The standard InChI is InChI=1S/C24H16N4O/c1-2-6-22-18(4-1)14-23(29-22)21-9-10-24-26-15-19(28(24)27-21)13-16-7-8-20-17(12-16)5-3-11-25-20/h1-12,14-15H,13H2. The topological polar surface area (TPSA) is 56.2 Å². The first-order valence-corrected chi connectivity index (χ1v) is 9.50. The molecule has 2 aromatic carbocycles. The third-order valence-corrected chi connectivity index (χ3v) is 5.16. The van der Waals surface area contributed by atoms with Crippen molar-refractivity contribution in [1.82, 2.24) is 19.6 Å². The van der Waals surface area contributed by atoms with E-state index in [-0.39, 0.29) is 0 Å². The van der Waals surface area contributed by atoms with Gasteiger partial charge in [0.1, 0.15) is 11.3 Å². The maximum absolute atomic E-state index is 5.98. The average Bonchev–Trinajstić information content (AvgIpc) is 3.37. The van der Waals surface area contributed by atoms with E-state index in [2.05, 4.69) is 34.2 Å². The lowest BCUT2D eigenvalue weighted by molar-refractivity contribution is 0.625. The molecule has 4 heterocycles. The van der Waals surface area contributed by atoms with Gasteiger partial charge in [-0.1, -0.05) is 30.3 Å². The number of hydrogen-bond acceptors (Lipinski definition) is 4. The molecule has 0 unspecified atom stereocenters. The number of aromatic nitrogens is 4. The summed E-state index contributed by atoms with van der Waals surface area (Å²) in [7, 11) is 0. The zero-order valence-electron chi connectivity index (χ0n) is 15.5. The highest BCUT2D eigenvalue weighted by molar-refractivity contribution is 5.82. The van der Waals surface area contributed by atoms with Gasteiger partial charge in [0.15, 0.2) is 11.4 Å². The molecule has 0 spiro atoms. The minimum atomic E-state index is 0.739. The van der Waals surface area contributed by atoms with Crippen LogP contribution in [0.3, 0.4) is 0 Å². The van der Waals surface area contributed by atoms with Gasteiger partial charge in [0.05, 0.1) is 17.4 Å². The molecular formula is C24H16N4O. The van der Waals surface area contributed by atoms with Crippen LogP contribution in [0.15, 0.2) is 89.6 Å². The minimum Gasteiger partial charge on any atom is -0.454 e. The van der Waals surface area contributed by atoms with E-state index in [1.807, 2.05) is 65.4 Å². The van der Waals surface area contributed by atoms with Crippen LogP contribution in [0.1, 0.15) is 11.3 Å². The molecule has 0 aliphatic heterocycles. The Morgan fingerprint density at radius 1 is 0.828 bits per heavy atom. The summed E-state index contributed by atoms with van der Waals surface area (Å²) in [5.74, 6) is 0.754. The Balaban J connectivity index is 1.41. The van der Waals surface area contributed by atoms with Crippen molar-refractivity contribution < 1.29 is 4.42 Å². The lowest BCUT2D eigenvalue weighted by Crippen LogP contribution is -2.00. The Bertz CT molecular complexity index is 1460. The molecule has 5 heteroatoms. The van der Waals surface area contributed by atoms with Crippen molar-refractivity contribution in [3.8, 4) is 11.5 Å². The molecule has 0 amide bonds. The summed E-state index contributed by atoms with van der Waals surface area (Å²) in [6, 6.07) is 24.3. The number of imidazole rings is 1. The van der Waals surface area contributed by atoms with Gasteiger partial charge in [-0.25, -0.2) is 9.50 Å². The first-order chi connectivity index (χ1) is 14.3. The van der Waals surface area contributed by atoms with Crippen LogP contribution >= 0.6 is 0 Å². The molecule has 0 bridgehead atoms. The average molecular weight is 376 g/mol. The van der Waals surface area contributed by atoms with E-state index in [1.54, 1.807) is 0 Å². The van der Waals surface area contributed by atoms with Crippen LogP contribution in [0.25, 0.3) is 39.0 Å². The minimum absolute atomic E-state index is 0.739. The Kier molecular flexibility index (Phi) is 3.46. The molecule has 4 aromatic heterocycles. The van der Waals surface area contributed by atoms with Crippen molar-refractivity contribution in [2.75, 3.05) is 0 Å². The molecular weight excluding hydrogens is 360 g/mol. The first kappa shape index (κ1) is 16.0. The van der Waals surface area contributed by atoms with Gasteiger partial charge in [0.25, 0.3) is 0 Å². The normalized spacial score (nSPS) is 11.6. The summed E-state index contributed by atoms with van der Waals surface area (Å²) in [4.78, 5) is 8.90. The largest absolute Gasteiger partial charge is 0.454 e. The van der Waals surface area contributed by atoms with E-state index in [1.165, 1.54) is 5.56 Å². The zero-order valence-corrected chi connectivity index (χ0v) is 15.5. The molecule has 0 N–H and O–H groups in total. The number of fused-ring (bicyclic) bond motifs is 3. The summed E-state index contributed by atoms with van der Waals surface area (Å²) in [6.45, 7) is 0. The molecule has 5 nitrogen and oxygen atoms in total. The maximum atomic E-state index is 5.98. The Morgan fingerprint density at radius 3 is 2.72 bits per heavy atom. The van der Waals surface area contributed by atoms with Gasteiger partial charge in [0.2, 0.25) is 0 Å². The number of furan rings is 1. The summed E-state index contributed by atoms with van der Waals surface area (Å²) in [5, 5.41) is 7.01. The van der Waals surface area contributed by atoms with Crippen molar-refractivity contribution in [2.24, 2.45) is 0 Å². The van der Waals surface area contributed by atoms with Crippen molar-refractivity contribution >= 4 is 27.5 Å². The Labute approximate surface area is 166 Å². The van der Waals surface area contributed by atoms with Crippen LogP contribution in [0.4, 0.5) is 0 Å². The third kappa shape index (κ3) is 2.75. The lowest BCUT2D eigenvalue weighted by atomic mass is 10.1. The van der Waals surface area contributed by atoms with E-state index >= 15 is 0 Å². The summed E-state index contributed by atoms with van der Waals surface area (Å²) in [6.07, 6.45) is 4.44. The number of pyridine rings is 1. The molecule has 0 fully saturated rings. The molecule has 0 saturated carbocycles. The molecule has 138 valence electrons. The number of para-hydroxylation sites is 1. The van der Waals surface area contributed by atoms with E-state index in [0.29, 0.717) is 0 Å². The molecule has 0 radical (unpaired) electrons. The van der Waals surface area contributed by atoms with Gasteiger partial charge in [-0.2, -0.15) is 5.10 Å². The molecule has 0 aliphatic rings. The van der Waals surface area contributed by atoms with Gasteiger partial charge in [-0.3, -0.25) is 4.98 Å². The fourth-order valence-corrected chi connectivity index (χ4v) is 3.73. The number of rotatable bonds is 3. The summed E-state index contributed by atoms with van der Waals surface area (Å²) < 4.78 is 7.88. The maximum Gasteiger partial charge on any atom is 0.155 e. The second-order valence-corrected chi connectivity index (χ2v) is 7.09. The zero-order chi connectivity index (χ0) is 19.2. The number of benzene rings is 2. The van der Waals surface area contributed by atoms with Crippen molar-refractivity contribution in [1.29, 1.82) is 0 Å². The Morgan fingerprint density at radius 2 is 1.76 bits per heavy atom.